The van der Waals surface area contributed by atoms with Crippen LogP contribution in [-0.2, 0) is 16.6 Å². The highest BCUT2D eigenvalue weighted by Crippen LogP contribution is 2.28. The lowest BCUT2D eigenvalue weighted by Crippen LogP contribution is -2.29. The summed E-state index contributed by atoms with van der Waals surface area (Å²) < 4.78 is 36.7. The van der Waals surface area contributed by atoms with E-state index in [9.17, 15) is 13.2 Å². The van der Waals surface area contributed by atoms with Crippen molar-refractivity contribution in [3.05, 3.63) is 87.9 Å². The van der Waals surface area contributed by atoms with Gasteiger partial charge in [-0.1, -0.05) is 41.4 Å². The number of hydrogen-bond donors (Lipinski definition) is 1. The summed E-state index contributed by atoms with van der Waals surface area (Å²) in [5, 5.41) is 3.45. The minimum atomic E-state index is -3.60. The summed E-state index contributed by atoms with van der Waals surface area (Å²) in [5.41, 5.74) is 1.50. The van der Waals surface area contributed by atoms with Crippen molar-refractivity contribution in [1.82, 2.24) is 5.32 Å². The van der Waals surface area contributed by atoms with Gasteiger partial charge < -0.3 is 14.8 Å². The van der Waals surface area contributed by atoms with E-state index < -0.39 is 10.0 Å². The first-order chi connectivity index (χ1) is 16.2. The highest BCUT2D eigenvalue weighted by Gasteiger charge is 2.19. The van der Waals surface area contributed by atoms with E-state index in [2.05, 4.69) is 5.32 Å². The van der Waals surface area contributed by atoms with Gasteiger partial charge in [0.2, 0.25) is 10.0 Å². The van der Waals surface area contributed by atoms with Gasteiger partial charge in [0.25, 0.3) is 5.91 Å². The first-order valence-electron chi connectivity index (χ1n) is 10.2. The predicted molar refractivity (Wildman–Crippen MR) is 135 cm³/mol. The molecular weight excluding hydrogens is 499 g/mol. The number of methoxy groups -OCH3 is 1. The number of amides is 1. The molecule has 0 aliphatic rings. The van der Waals surface area contributed by atoms with Gasteiger partial charge >= 0.3 is 0 Å². The lowest BCUT2D eigenvalue weighted by Gasteiger charge is -2.23. The summed E-state index contributed by atoms with van der Waals surface area (Å²) in [5.74, 6) is 1.08. The number of rotatable bonds is 10. The third-order valence-electron chi connectivity index (χ3n) is 4.78. The fraction of sp³-hybridized carbons (Fsp3) is 0.208. The maximum absolute atomic E-state index is 12.4. The molecule has 7 nitrogen and oxygen atoms in total. The molecule has 0 saturated heterocycles. The normalized spacial score (nSPS) is 11.1. The van der Waals surface area contributed by atoms with E-state index >= 15 is 0 Å². The molecule has 180 valence electrons. The molecule has 0 aliphatic carbocycles. The third kappa shape index (κ3) is 7.28. The van der Waals surface area contributed by atoms with Crippen molar-refractivity contribution >= 4 is 44.8 Å². The van der Waals surface area contributed by atoms with E-state index in [4.69, 9.17) is 32.7 Å². The van der Waals surface area contributed by atoms with Gasteiger partial charge in [-0.15, -0.1) is 0 Å². The number of carbonyl (C=O) groups excluding carboxylic acids is 1. The zero-order chi connectivity index (χ0) is 24.7. The zero-order valence-corrected chi connectivity index (χ0v) is 21.0. The maximum atomic E-state index is 12.4. The molecule has 10 heteroatoms. The van der Waals surface area contributed by atoms with Crippen molar-refractivity contribution in [2.75, 3.05) is 30.8 Å². The van der Waals surface area contributed by atoms with Gasteiger partial charge in [-0.05, 0) is 48.0 Å². The summed E-state index contributed by atoms with van der Waals surface area (Å²) in [4.78, 5) is 12.4. The van der Waals surface area contributed by atoms with Crippen LogP contribution in [0.4, 0.5) is 5.69 Å². The average molecular weight is 523 g/mol. The molecule has 0 radical (unpaired) electrons. The van der Waals surface area contributed by atoms with Gasteiger partial charge in [0.05, 0.1) is 32.1 Å². The number of benzene rings is 3. The summed E-state index contributed by atoms with van der Waals surface area (Å²) >= 11 is 12.1. The van der Waals surface area contributed by atoms with Crippen LogP contribution >= 0.6 is 23.2 Å². The van der Waals surface area contributed by atoms with E-state index in [0.717, 1.165) is 6.26 Å². The van der Waals surface area contributed by atoms with E-state index in [-0.39, 0.29) is 12.5 Å². The summed E-state index contributed by atoms with van der Waals surface area (Å²) in [7, 11) is -2.02. The molecule has 0 atom stereocenters. The van der Waals surface area contributed by atoms with Gasteiger partial charge in [-0.2, -0.15) is 0 Å². The van der Waals surface area contributed by atoms with Crippen LogP contribution in [-0.4, -0.2) is 40.8 Å². The number of carbonyl (C=O) groups is 1. The highest BCUT2D eigenvalue weighted by molar-refractivity contribution is 7.92. The Morgan fingerprint density at radius 3 is 2.24 bits per heavy atom. The standard InChI is InChI=1S/C24H24Cl2N2O5S/c1-32-22-4-3-5-23(15-22)33-11-10-27-24(29)18-8-6-17(7-9-18)16-28(34(2,30)31)21-13-19(25)12-20(26)14-21/h3-9,12-15H,10-11,16H2,1-2H3,(H,27,29). The van der Waals surface area contributed by atoms with Crippen LogP contribution in [0, 0.1) is 0 Å². The monoisotopic (exact) mass is 522 g/mol. The molecule has 0 bridgehead atoms. The van der Waals surface area contributed by atoms with Crippen LogP contribution in [0.5, 0.6) is 11.5 Å². The highest BCUT2D eigenvalue weighted by atomic mass is 35.5. The van der Waals surface area contributed by atoms with E-state index in [1.807, 2.05) is 12.1 Å². The lowest BCUT2D eigenvalue weighted by atomic mass is 10.1. The molecule has 1 amide bonds. The number of sulfonamides is 1. The molecule has 0 saturated carbocycles. The Hall–Kier alpha value is -2.94. The lowest BCUT2D eigenvalue weighted by molar-refractivity contribution is 0.0947. The summed E-state index contributed by atoms with van der Waals surface area (Å²) in [6, 6.07) is 18.5. The zero-order valence-electron chi connectivity index (χ0n) is 18.6. The number of anilines is 1. The number of halogens is 2. The second-order valence-electron chi connectivity index (χ2n) is 7.38. The van der Waals surface area contributed by atoms with Crippen LogP contribution < -0.4 is 19.1 Å². The number of nitrogens with one attached hydrogen (secondary N) is 1. The second-order valence-corrected chi connectivity index (χ2v) is 10.2. The second kappa shape index (κ2) is 11.5. The number of hydrogen-bond acceptors (Lipinski definition) is 5. The smallest absolute Gasteiger partial charge is 0.251 e. The molecule has 3 rings (SSSR count). The Balaban J connectivity index is 1.59. The molecule has 0 aliphatic heterocycles. The molecule has 0 spiro atoms. The summed E-state index contributed by atoms with van der Waals surface area (Å²) in [6.45, 7) is 0.670. The van der Waals surface area contributed by atoms with Crippen molar-refractivity contribution in [1.29, 1.82) is 0 Å². The van der Waals surface area contributed by atoms with E-state index in [1.165, 1.54) is 22.5 Å². The molecule has 0 heterocycles. The first kappa shape index (κ1) is 25.7. The van der Waals surface area contributed by atoms with Crippen molar-refractivity contribution in [2.24, 2.45) is 0 Å². The predicted octanol–water partition coefficient (Wildman–Crippen LogP) is 4.78. The quantitative estimate of drug-likeness (QED) is 0.387. The first-order valence-corrected chi connectivity index (χ1v) is 12.8. The Kier molecular flexibility index (Phi) is 8.66. The molecule has 0 aromatic heterocycles. The molecule has 1 N–H and O–H groups in total. The van der Waals surface area contributed by atoms with Gasteiger partial charge in [0.1, 0.15) is 18.1 Å². The fourth-order valence-electron chi connectivity index (χ4n) is 3.14. The van der Waals surface area contributed by atoms with E-state index in [1.54, 1.807) is 43.5 Å². The minimum absolute atomic E-state index is 0.0613. The minimum Gasteiger partial charge on any atom is -0.497 e. The Morgan fingerprint density at radius 1 is 0.971 bits per heavy atom. The largest absolute Gasteiger partial charge is 0.497 e. The fourth-order valence-corrected chi connectivity index (χ4v) is 4.52. The molecular formula is C24H24Cl2N2O5S. The molecule has 0 unspecified atom stereocenters. The number of ether oxygens (including phenoxy) is 2. The number of nitrogens with zero attached hydrogens (tertiary/aromatic N) is 1. The van der Waals surface area contributed by atoms with Gasteiger partial charge in [-0.3, -0.25) is 9.10 Å². The van der Waals surface area contributed by atoms with Crippen LogP contribution in [0.25, 0.3) is 0 Å². The van der Waals surface area contributed by atoms with Crippen LogP contribution in [0.2, 0.25) is 10.0 Å². The van der Waals surface area contributed by atoms with E-state index in [0.29, 0.717) is 51.5 Å². The third-order valence-corrected chi connectivity index (χ3v) is 6.35. The molecule has 3 aromatic carbocycles. The average Bonchev–Trinajstić information content (AvgIpc) is 2.79. The molecule has 3 aromatic rings. The molecule has 34 heavy (non-hydrogen) atoms. The Labute approximate surface area is 209 Å². The Bertz CT molecular complexity index is 1230. The van der Waals surface area contributed by atoms with Crippen molar-refractivity contribution < 1.29 is 22.7 Å². The maximum Gasteiger partial charge on any atom is 0.251 e. The van der Waals surface area contributed by atoms with Crippen LogP contribution in [0.1, 0.15) is 15.9 Å². The van der Waals surface area contributed by atoms with Gasteiger partial charge in [0.15, 0.2) is 0 Å². The van der Waals surface area contributed by atoms with Gasteiger partial charge in [-0.25, -0.2) is 8.42 Å². The van der Waals surface area contributed by atoms with Crippen molar-refractivity contribution in [2.45, 2.75) is 6.54 Å². The Morgan fingerprint density at radius 2 is 1.62 bits per heavy atom. The van der Waals surface area contributed by atoms with Crippen LogP contribution in [0.15, 0.2) is 66.7 Å². The molecule has 0 fully saturated rings. The van der Waals surface area contributed by atoms with Gasteiger partial charge in [0, 0.05) is 21.7 Å². The van der Waals surface area contributed by atoms with Crippen molar-refractivity contribution in [3.8, 4) is 11.5 Å². The van der Waals surface area contributed by atoms with Crippen LogP contribution in [0.3, 0.4) is 0 Å². The topological polar surface area (TPSA) is 84.9 Å². The SMILES string of the molecule is COc1cccc(OCCNC(=O)c2ccc(CN(c3cc(Cl)cc(Cl)c3)S(C)(=O)=O)cc2)c1. The summed E-state index contributed by atoms with van der Waals surface area (Å²) in [6.07, 6.45) is 1.11. The van der Waals surface area contributed by atoms with Crippen molar-refractivity contribution in [3.63, 3.8) is 0 Å².